The first-order valence-corrected chi connectivity index (χ1v) is 10.9. The molecule has 32 heavy (non-hydrogen) atoms. The maximum Gasteiger partial charge on any atom is 0.380 e. The Balaban J connectivity index is 1.33. The molecule has 1 N–H and O–H groups in total. The number of hydrogen-bond donors (Lipinski definition) is 1. The third-order valence-corrected chi connectivity index (χ3v) is 5.90. The van der Waals surface area contributed by atoms with Gasteiger partial charge in [-0.1, -0.05) is 18.2 Å². The molecule has 4 rings (SSSR count). The number of hydrogen-bond acceptors (Lipinski definition) is 5. The smallest absolute Gasteiger partial charge is 0.380 e. The second-order valence-electron chi connectivity index (χ2n) is 8.30. The number of H-pyrrole nitrogens is 1. The Morgan fingerprint density at radius 1 is 0.969 bits per heavy atom. The number of fused-ring (bicyclic) bond motifs is 1. The zero-order valence-corrected chi connectivity index (χ0v) is 18.3. The normalized spacial score (nSPS) is 14.7. The largest absolute Gasteiger partial charge is 0.421 e. The van der Waals surface area contributed by atoms with E-state index in [0.29, 0.717) is 24.7 Å². The molecule has 0 unspecified atom stereocenters. The van der Waals surface area contributed by atoms with Gasteiger partial charge < -0.3 is 14.6 Å². The van der Waals surface area contributed by atoms with Crippen molar-refractivity contribution in [1.29, 1.82) is 0 Å². The van der Waals surface area contributed by atoms with E-state index >= 15 is 0 Å². The maximum atomic E-state index is 12.7. The second-order valence-corrected chi connectivity index (χ2v) is 8.30. The summed E-state index contributed by atoms with van der Waals surface area (Å²) >= 11 is 0. The molecule has 1 aliphatic heterocycles. The Bertz CT molecular complexity index is 1130. The molecule has 1 aliphatic rings. The second kappa shape index (κ2) is 9.36. The number of nitrogens with one attached hydrogen (secondary N) is 1. The predicted molar refractivity (Wildman–Crippen MR) is 122 cm³/mol. The molecule has 1 fully saturated rings. The van der Waals surface area contributed by atoms with Crippen molar-refractivity contribution in [2.45, 2.75) is 26.3 Å². The summed E-state index contributed by atoms with van der Waals surface area (Å²) in [4.78, 5) is 44.6. The number of aromatic nitrogens is 1. The van der Waals surface area contributed by atoms with E-state index in [-0.39, 0.29) is 18.1 Å². The van der Waals surface area contributed by atoms with Crippen LogP contribution >= 0.6 is 0 Å². The number of para-hydroxylation sites is 1. The zero-order valence-electron chi connectivity index (χ0n) is 18.3. The number of ether oxygens (including phenoxy) is 1. The molecule has 0 atom stereocenters. The lowest BCUT2D eigenvalue weighted by atomic mass is 10.1. The summed E-state index contributed by atoms with van der Waals surface area (Å²) in [5.74, 6) is -1.35. The highest BCUT2D eigenvalue weighted by atomic mass is 16.5. The number of amides is 1. The molecule has 1 amide bonds. The maximum absolute atomic E-state index is 12.7. The topological polar surface area (TPSA) is 82.7 Å². The minimum absolute atomic E-state index is 0.0399. The van der Waals surface area contributed by atoms with Gasteiger partial charge in [-0.2, -0.15) is 0 Å². The minimum Gasteiger partial charge on any atom is -0.421 e. The van der Waals surface area contributed by atoms with Crippen LogP contribution in [0.1, 0.15) is 29.8 Å². The molecule has 1 saturated heterocycles. The van der Waals surface area contributed by atoms with Gasteiger partial charge in [0.05, 0.1) is 0 Å². The lowest BCUT2D eigenvalue weighted by Gasteiger charge is -2.37. The van der Waals surface area contributed by atoms with Gasteiger partial charge in [-0.3, -0.25) is 14.5 Å². The Morgan fingerprint density at radius 3 is 2.34 bits per heavy atom. The van der Waals surface area contributed by atoms with Crippen LogP contribution in [0.5, 0.6) is 5.75 Å². The molecule has 7 nitrogen and oxygen atoms in total. The molecule has 1 aromatic heterocycles. The predicted octanol–water partition coefficient (Wildman–Crippen LogP) is 3.05. The fraction of sp³-hybridized carbons (Fsp3) is 0.320. The van der Waals surface area contributed by atoms with Crippen molar-refractivity contribution in [3.63, 3.8) is 0 Å². The number of benzene rings is 2. The Hall–Kier alpha value is -3.45. The van der Waals surface area contributed by atoms with Crippen molar-refractivity contribution in [3.8, 4) is 5.75 Å². The average Bonchev–Trinajstić information content (AvgIpc) is 3.22. The van der Waals surface area contributed by atoms with E-state index in [9.17, 15) is 14.4 Å². The van der Waals surface area contributed by atoms with Crippen molar-refractivity contribution in [2.75, 3.05) is 26.2 Å². The van der Waals surface area contributed by atoms with Crippen molar-refractivity contribution < 1.29 is 19.1 Å². The fourth-order valence-corrected chi connectivity index (χ4v) is 3.98. The summed E-state index contributed by atoms with van der Waals surface area (Å²) in [7, 11) is 0. The van der Waals surface area contributed by atoms with Gasteiger partial charge in [0.15, 0.2) is 0 Å². The molecule has 0 spiro atoms. The fourth-order valence-electron chi connectivity index (χ4n) is 3.98. The van der Waals surface area contributed by atoms with Crippen molar-refractivity contribution >= 4 is 28.6 Å². The van der Waals surface area contributed by atoms with Gasteiger partial charge in [-0.05, 0) is 49.7 Å². The van der Waals surface area contributed by atoms with Crippen LogP contribution < -0.4 is 4.74 Å². The van der Waals surface area contributed by atoms with Crippen LogP contribution in [0.25, 0.3) is 10.9 Å². The molecule has 166 valence electrons. The molecule has 0 aliphatic carbocycles. The number of carbonyl (C=O) groups is 3. The molecule has 3 aromatic rings. The summed E-state index contributed by atoms with van der Waals surface area (Å²) in [6.07, 6.45) is 1.69. The molecule has 0 radical (unpaired) electrons. The van der Waals surface area contributed by atoms with Crippen LogP contribution in [0.3, 0.4) is 0 Å². The molecule has 7 heteroatoms. The van der Waals surface area contributed by atoms with E-state index in [1.807, 2.05) is 29.2 Å². The van der Waals surface area contributed by atoms with Gasteiger partial charge in [0, 0.05) is 61.3 Å². The summed E-state index contributed by atoms with van der Waals surface area (Å²) in [6, 6.07) is 14.4. The van der Waals surface area contributed by atoms with Crippen LogP contribution in [-0.2, 0) is 16.0 Å². The average molecular weight is 434 g/mol. The van der Waals surface area contributed by atoms with Crippen molar-refractivity contribution in [1.82, 2.24) is 14.8 Å². The third kappa shape index (κ3) is 4.73. The Labute approximate surface area is 187 Å². The minimum atomic E-state index is -0.917. The van der Waals surface area contributed by atoms with E-state index < -0.39 is 11.8 Å². The summed E-state index contributed by atoms with van der Waals surface area (Å²) in [5, 5.41) is 0.908. The number of rotatable bonds is 6. The zero-order chi connectivity index (χ0) is 22.7. The van der Waals surface area contributed by atoms with Crippen LogP contribution in [0.15, 0.2) is 54.7 Å². The first kappa shape index (κ1) is 21.8. The van der Waals surface area contributed by atoms with Crippen LogP contribution in [0.2, 0.25) is 0 Å². The van der Waals surface area contributed by atoms with Gasteiger partial charge in [0.25, 0.3) is 5.91 Å². The molecule has 2 aromatic carbocycles. The highest BCUT2D eigenvalue weighted by Gasteiger charge is 2.24. The number of piperazine rings is 1. The van der Waals surface area contributed by atoms with Gasteiger partial charge in [-0.25, -0.2) is 4.79 Å². The van der Waals surface area contributed by atoms with Gasteiger partial charge in [-0.15, -0.1) is 0 Å². The number of aromatic amines is 1. The summed E-state index contributed by atoms with van der Waals surface area (Å²) in [5.41, 5.74) is 2.20. The van der Waals surface area contributed by atoms with Crippen molar-refractivity contribution in [2.24, 2.45) is 0 Å². The standard InChI is InChI=1S/C25H27N3O4/c1-17(2)27-11-13-28(14-12-27)24(30)18-7-9-20(10-8-18)32-25(31)23(29)15-19-16-26-22-6-4-3-5-21(19)22/h3-10,16-17,26H,11-15H2,1-2H3. The quantitative estimate of drug-likeness (QED) is 0.367. The highest BCUT2D eigenvalue weighted by molar-refractivity contribution is 6.35. The number of nitrogens with zero attached hydrogens (tertiary/aromatic N) is 2. The number of esters is 1. The number of ketones is 1. The Morgan fingerprint density at radius 2 is 1.66 bits per heavy atom. The van der Waals surface area contributed by atoms with E-state index in [1.54, 1.807) is 30.5 Å². The lowest BCUT2D eigenvalue weighted by Crippen LogP contribution is -2.50. The van der Waals surface area contributed by atoms with Gasteiger partial charge in [0.2, 0.25) is 5.78 Å². The van der Waals surface area contributed by atoms with Crippen LogP contribution in [0, 0.1) is 0 Å². The van der Waals surface area contributed by atoms with Gasteiger partial charge in [0.1, 0.15) is 5.75 Å². The van der Waals surface area contributed by atoms with Crippen LogP contribution in [-0.4, -0.2) is 64.7 Å². The molecular weight excluding hydrogens is 406 g/mol. The molecular formula is C25H27N3O4. The lowest BCUT2D eigenvalue weighted by molar-refractivity contribution is -0.146. The van der Waals surface area contributed by atoms with E-state index in [4.69, 9.17) is 4.74 Å². The first-order chi connectivity index (χ1) is 15.4. The van der Waals surface area contributed by atoms with Gasteiger partial charge >= 0.3 is 5.97 Å². The molecule has 0 saturated carbocycles. The third-order valence-electron chi connectivity index (χ3n) is 5.90. The number of carbonyl (C=O) groups excluding carboxylic acids is 3. The molecule has 2 heterocycles. The highest BCUT2D eigenvalue weighted by Crippen LogP contribution is 2.19. The summed E-state index contributed by atoms with van der Waals surface area (Å²) in [6.45, 7) is 7.41. The van der Waals surface area contributed by atoms with Crippen molar-refractivity contribution in [3.05, 3.63) is 65.9 Å². The number of Topliss-reactive ketones (excluding diaryl/α,β-unsaturated/α-hetero) is 1. The van der Waals surface area contributed by atoms with E-state index in [2.05, 4.69) is 23.7 Å². The van der Waals surface area contributed by atoms with E-state index in [1.165, 1.54) is 0 Å². The Kier molecular flexibility index (Phi) is 6.37. The first-order valence-electron chi connectivity index (χ1n) is 10.9. The SMILES string of the molecule is CC(C)N1CCN(C(=O)c2ccc(OC(=O)C(=O)Cc3c[nH]c4ccccc34)cc2)CC1. The van der Waals surface area contributed by atoms with Crippen LogP contribution in [0.4, 0.5) is 0 Å². The monoisotopic (exact) mass is 433 g/mol. The van der Waals surface area contributed by atoms with E-state index in [0.717, 1.165) is 29.6 Å². The summed E-state index contributed by atoms with van der Waals surface area (Å²) < 4.78 is 5.23. The molecule has 0 bridgehead atoms.